The van der Waals surface area contributed by atoms with Crippen LogP contribution in [0.15, 0.2) is 24.3 Å². The number of halogens is 1. The predicted octanol–water partition coefficient (Wildman–Crippen LogP) is 2.53. The Morgan fingerprint density at radius 3 is 2.54 bits per heavy atom. The molecule has 2 unspecified atom stereocenters. The van der Waals surface area contributed by atoms with E-state index >= 15 is 0 Å². The zero-order valence-electron chi connectivity index (χ0n) is 14.6. The molecule has 2 rings (SSSR count). The van der Waals surface area contributed by atoms with Gasteiger partial charge in [0, 0.05) is 18.5 Å². The number of rotatable bonds is 7. The minimum Gasteiger partial charge on any atom is -0.493 e. The summed E-state index contributed by atoms with van der Waals surface area (Å²) < 4.78 is 32.3. The van der Waals surface area contributed by atoms with Gasteiger partial charge < -0.3 is 10.1 Å². The van der Waals surface area contributed by atoms with E-state index in [1.54, 1.807) is 6.92 Å². The van der Waals surface area contributed by atoms with E-state index in [-0.39, 0.29) is 30.1 Å². The number of sulfonamides is 1. The Morgan fingerprint density at radius 2 is 1.96 bits per heavy atom. The molecule has 1 aliphatic rings. The molecular formula is C17H29ClN2O3S. The molecule has 1 fully saturated rings. The SMILES string of the molecule is CCS(=O)(=O)NC1CCNCC1COc1ccc(C(C)C)cc1.Cl. The fourth-order valence-corrected chi connectivity index (χ4v) is 3.66. The van der Waals surface area contributed by atoms with E-state index in [9.17, 15) is 8.42 Å². The smallest absolute Gasteiger partial charge is 0.211 e. The molecule has 138 valence electrons. The van der Waals surface area contributed by atoms with Crippen LogP contribution in [0.25, 0.3) is 0 Å². The van der Waals surface area contributed by atoms with E-state index in [0.717, 1.165) is 25.3 Å². The molecule has 24 heavy (non-hydrogen) atoms. The Kier molecular flexibility index (Phi) is 8.50. The third-order valence-corrected chi connectivity index (χ3v) is 5.75. The minimum atomic E-state index is -3.18. The Morgan fingerprint density at radius 1 is 1.29 bits per heavy atom. The third-order valence-electron chi connectivity index (χ3n) is 4.33. The van der Waals surface area contributed by atoms with Gasteiger partial charge in [-0.25, -0.2) is 13.1 Å². The number of benzene rings is 1. The van der Waals surface area contributed by atoms with Gasteiger partial charge in [0.15, 0.2) is 0 Å². The molecule has 1 aromatic carbocycles. The lowest BCUT2D eigenvalue weighted by Crippen LogP contribution is -2.51. The van der Waals surface area contributed by atoms with Crippen LogP contribution < -0.4 is 14.8 Å². The molecule has 0 radical (unpaired) electrons. The van der Waals surface area contributed by atoms with E-state index in [2.05, 4.69) is 36.0 Å². The summed E-state index contributed by atoms with van der Waals surface area (Å²) in [7, 11) is -3.18. The normalized spacial score (nSPS) is 21.3. The standard InChI is InChI=1S/C17H28N2O3S.ClH/c1-4-23(20,21)19-17-9-10-18-11-15(17)12-22-16-7-5-14(6-8-16)13(2)3;/h5-8,13,15,17-19H,4,9-12H2,1-3H3;1H. The van der Waals surface area contributed by atoms with Crippen molar-refractivity contribution in [3.05, 3.63) is 29.8 Å². The fourth-order valence-electron chi connectivity index (χ4n) is 2.72. The summed E-state index contributed by atoms with van der Waals surface area (Å²) in [5, 5.41) is 3.31. The molecule has 1 heterocycles. The highest BCUT2D eigenvalue weighted by atomic mass is 35.5. The van der Waals surface area contributed by atoms with Gasteiger partial charge in [0.05, 0.1) is 12.4 Å². The molecule has 2 N–H and O–H groups in total. The van der Waals surface area contributed by atoms with Crippen molar-refractivity contribution in [3.63, 3.8) is 0 Å². The zero-order chi connectivity index (χ0) is 16.9. The summed E-state index contributed by atoms with van der Waals surface area (Å²) >= 11 is 0. The zero-order valence-corrected chi connectivity index (χ0v) is 16.3. The van der Waals surface area contributed by atoms with Crippen molar-refractivity contribution < 1.29 is 13.2 Å². The van der Waals surface area contributed by atoms with Gasteiger partial charge >= 0.3 is 0 Å². The topological polar surface area (TPSA) is 67.4 Å². The van der Waals surface area contributed by atoms with Gasteiger partial charge in [-0.3, -0.25) is 0 Å². The molecule has 1 saturated heterocycles. The van der Waals surface area contributed by atoms with Crippen LogP contribution in [-0.2, 0) is 10.0 Å². The van der Waals surface area contributed by atoms with Crippen molar-refractivity contribution in [3.8, 4) is 5.75 Å². The summed E-state index contributed by atoms with van der Waals surface area (Å²) in [6.07, 6.45) is 0.791. The van der Waals surface area contributed by atoms with Gasteiger partial charge in [0.1, 0.15) is 5.75 Å². The van der Waals surface area contributed by atoms with Gasteiger partial charge in [0.2, 0.25) is 10.0 Å². The van der Waals surface area contributed by atoms with Crippen LogP contribution in [0.4, 0.5) is 0 Å². The quantitative estimate of drug-likeness (QED) is 0.767. The van der Waals surface area contributed by atoms with Crippen LogP contribution >= 0.6 is 12.4 Å². The van der Waals surface area contributed by atoms with Gasteiger partial charge in [-0.2, -0.15) is 0 Å². The van der Waals surface area contributed by atoms with Crippen LogP contribution in [0.5, 0.6) is 5.75 Å². The molecule has 7 heteroatoms. The summed E-state index contributed by atoms with van der Waals surface area (Å²) in [5.41, 5.74) is 1.28. The molecule has 0 amide bonds. The van der Waals surface area contributed by atoms with Gasteiger partial charge in [0.25, 0.3) is 0 Å². The molecule has 0 aromatic heterocycles. The first-order valence-electron chi connectivity index (χ1n) is 8.34. The van der Waals surface area contributed by atoms with E-state index < -0.39 is 10.0 Å². The summed E-state index contributed by atoms with van der Waals surface area (Å²) in [6.45, 7) is 8.08. The Labute approximate surface area is 152 Å². The van der Waals surface area contributed by atoms with Gasteiger partial charge in [-0.15, -0.1) is 12.4 Å². The van der Waals surface area contributed by atoms with Crippen molar-refractivity contribution in [2.24, 2.45) is 5.92 Å². The Hall–Kier alpha value is -0.820. The van der Waals surface area contributed by atoms with Crippen LogP contribution in [0.1, 0.15) is 38.7 Å². The van der Waals surface area contributed by atoms with Crippen molar-refractivity contribution >= 4 is 22.4 Å². The van der Waals surface area contributed by atoms with Crippen molar-refractivity contribution in [2.45, 2.75) is 39.2 Å². The minimum absolute atomic E-state index is 0. The van der Waals surface area contributed by atoms with Gasteiger partial charge in [-0.05, 0) is 43.5 Å². The lowest BCUT2D eigenvalue weighted by Gasteiger charge is -2.32. The molecular weight excluding hydrogens is 348 g/mol. The van der Waals surface area contributed by atoms with Crippen LogP contribution in [0.3, 0.4) is 0 Å². The maximum absolute atomic E-state index is 11.8. The maximum Gasteiger partial charge on any atom is 0.211 e. The predicted molar refractivity (Wildman–Crippen MR) is 101 cm³/mol. The van der Waals surface area contributed by atoms with E-state index in [1.165, 1.54) is 5.56 Å². The molecule has 2 atom stereocenters. The second-order valence-electron chi connectivity index (χ2n) is 6.42. The number of hydrogen-bond donors (Lipinski definition) is 2. The Balaban J connectivity index is 0.00000288. The van der Waals surface area contributed by atoms with Crippen LogP contribution in [-0.4, -0.2) is 39.9 Å². The molecule has 0 saturated carbocycles. The van der Waals surface area contributed by atoms with Crippen molar-refractivity contribution in [1.82, 2.24) is 10.0 Å². The molecule has 0 aliphatic carbocycles. The van der Waals surface area contributed by atoms with Gasteiger partial charge in [-0.1, -0.05) is 26.0 Å². The highest BCUT2D eigenvalue weighted by molar-refractivity contribution is 7.89. The number of hydrogen-bond acceptors (Lipinski definition) is 4. The molecule has 0 spiro atoms. The first-order valence-corrected chi connectivity index (χ1v) is 10.00. The average molecular weight is 377 g/mol. The van der Waals surface area contributed by atoms with Crippen LogP contribution in [0.2, 0.25) is 0 Å². The number of ether oxygens (including phenoxy) is 1. The molecule has 0 bridgehead atoms. The lowest BCUT2D eigenvalue weighted by atomic mass is 9.95. The van der Waals surface area contributed by atoms with Crippen LogP contribution in [0, 0.1) is 5.92 Å². The van der Waals surface area contributed by atoms with Crippen molar-refractivity contribution in [1.29, 1.82) is 0 Å². The summed E-state index contributed by atoms with van der Waals surface area (Å²) in [4.78, 5) is 0. The molecule has 1 aromatic rings. The lowest BCUT2D eigenvalue weighted by molar-refractivity contribution is 0.191. The van der Waals surface area contributed by atoms with Crippen molar-refractivity contribution in [2.75, 3.05) is 25.4 Å². The highest BCUT2D eigenvalue weighted by Crippen LogP contribution is 2.20. The molecule has 5 nitrogen and oxygen atoms in total. The first kappa shape index (κ1) is 21.2. The third kappa shape index (κ3) is 6.24. The van der Waals surface area contributed by atoms with E-state index in [0.29, 0.717) is 12.5 Å². The summed E-state index contributed by atoms with van der Waals surface area (Å²) in [6, 6.07) is 8.07. The maximum atomic E-state index is 11.8. The van der Waals surface area contributed by atoms with E-state index in [1.807, 2.05) is 12.1 Å². The second-order valence-corrected chi connectivity index (χ2v) is 8.46. The Bertz CT molecular complexity index is 590. The summed E-state index contributed by atoms with van der Waals surface area (Å²) in [5.74, 6) is 1.58. The highest BCUT2D eigenvalue weighted by Gasteiger charge is 2.28. The second kappa shape index (κ2) is 9.61. The number of nitrogens with one attached hydrogen (secondary N) is 2. The molecule has 1 aliphatic heterocycles. The fraction of sp³-hybridized carbons (Fsp3) is 0.647. The van der Waals surface area contributed by atoms with E-state index in [4.69, 9.17) is 4.74 Å². The number of piperidine rings is 1. The monoisotopic (exact) mass is 376 g/mol. The first-order chi connectivity index (χ1) is 10.9. The largest absolute Gasteiger partial charge is 0.493 e. The average Bonchev–Trinajstić information content (AvgIpc) is 2.54.